The fourth-order valence-electron chi connectivity index (χ4n) is 3.78. The molecule has 0 aliphatic carbocycles. The van der Waals surface area contributed by atoms with Crippen molar-refractivity contribution in [2.24, 2.45) is 0 Å². The second-order valence-corrected chi connectivity index (χ2v) is 10.1. The first-order valence-electron chi connectivity index (χ1n) is 11.5. The van der Waals surface area contributed by atoms with Crippen LogP contribution >= 0.6 is 0 Å². The molecular weight excluding hydrogens is 464 g/mol. The van der Waals surface area contributed by atoms with Gasteiger partial charge in [0.05, 0.1) is 12.3 Å². The molecule has 10 heteroatoms. The summed E-state index contributed by atoms with van der Waals surface area (Å²) in [5.41, 5.74) is 3.10. The Hall–Kier alpha value is -3.31. The van der Waals surface area contributed by atoms with Gasteiger partial charge >= 0.3 is 0 Å². The lowest BCUT2D eigenvalue weighted by Gasteiger charge is -2.29. The first-order valence-corrected chi connectivity index (χ1v) is 12.9. The van der Waals surface area contributed by atoms with Gasteiger partial charge in [-0.2, -0.15) is 4.31 Å². The van der Waals surface area contributed by atoms with Gasteiger partial charge < -0.3 is 20.6 Å². The molecule has 35 heavy (non-hydrogen) atoms. The Morgan fingerprint density at radius 2 is 1.74 bits per heavy atom. The molecule has 0 atom stereocenters. The zero-order valence-electron chi connectivity index (χ0n) is 19.6. The highest BCUT2D eigenvalue weighted by molar-refractivity contribution is 7.89. The quantitative estimate of drug-likeness (QED) is 0.416. The number of hydrogen-bond donors (Lipinski definition) is 3. The average Bonchev–Trinajstić information content (AvgIpc) is 2.89. The summed E-state index contributed by atoms with van der Waals surface area (Å²) in [4.78, 5) is 10.7. The topological polar surface area (TPSA) is 111 Å². The number of nitrogens with zero attached hydrogens (tertiary/aromatic N) is 4. The number of aromatic nitrogens is 2. The molecule has 3 N–H and O–H groups in total. The van der Waals surface area contributed by atoms with E-state index in [1.807, 2.05) is 42.5 Å². The molecule has 1 saturated heterocycles. The first-order chi connectivity index (χ1) is 17.0. The number of anilines is 3. The van der Waals surface area contributed by atoms with E-state index in [9.17, 15) is 13.5 Å². The van der Waals surface area contributed by atoms with Crippen molar-refractivity contribution in [1.82, 2.24) is 19.6 Å². The molecule has 0 unspecified atom stereocenters. The van der Waals surface area contributed by atoms with Crippen LogP contribution in [0.4, 0.5) is 17.3 Å². The molecule has 1 fully saturated rings. The molecule has 0 radical (unpaired) electrons. The van der Waals surface area contributed by atoms with Crippen molar-refractivity contribution in [2.45, 2.75) is 4.90 Å². The molecular formula is C25H30N6O3S. The van der Waals surface area contributed by atoms with Crippen LogP contribution in [0.2, 0.25) is 0 Å². The normalized spacial score (nSPS) is 14.8. The zero-order valence-corrected chi connectivity index (χ0v) is 20.4. The Labute approximate surface area is 206 Å². The number of nitrogens with one attached hydrogen (secondary N) is 2. The van der Waals surface area contributed by atoms with Crippen LogP contribution in [0.15, 0.2) is 65.8 Å². The molecule has 9 nitrogen and oxygen atoms in total. The van der Waals surface area contributed by atoms with Crippen molar-refractivity contribution in [3.8, 4) is 0 Å². The van der Waals surface area contributed by atoms with Gasteiger partial charge in [-0.25, -0.2) is 18.4 Å². The van der Waals surface area contributed by atoms with Crippen LogP contribution in [0.5, 0.6) is 0 Å². The maximum Gasteiger partial charge on any atom is 0.245 e. The summed E-state index contributed by atoms with van der Waals surface area (Å²) in [5.74, 6) is 0.398. The Morgan fingerprint density at radius 1 is 1.06 bits per heavy atom. The van der Waals surface area contributed by atoms with Crippen molar-refractivity contribution >= 4 is 39.5 Å². The monoisotopic (exact) mass is 494 g/mol. The van der Waals surface area contributed by atoms with Crippen molar-refractivity contribution in [3.63, 3.8) is 0 Å². The largest absolute Gasteiger partial charge is 0.395 e. The Balaban J connectivity index is 1.55. The molecule has 184 valence electrons. The molecule has 2 heterocycles. The van der Waals surface area contributed by atoms with Crippen LogP contribution in [-0.4, -0.2) is 74.2 Å². The van der Waals surface area contributed by atoms with Crippen LogP contribution in [0.1, 0.15) is 11.1 Å². The van der Waals surface area contributed by atoms with Gasteiger partial charge in [-0.1, -0.05) is 42.5 Å². The van der Waals surface area contributed by atoms with Crippen molar-refractivity contribution in [2.75, 3.05) is 56.6 Å². The zero-order chi connectivity index (χ0) is 24.7. The van der Waals surface area contributed by atoms with E-state index >= 15 is 0 Å². The highest BCUT2D eigenvalue weighted by Gasteiger charge is 2.29. The molecule has 1 aliphatic rings. The minimum Gasteiger partial charge on any atom is -0.395 e. The fourth-order valence-corrected chi connectivity index (χ4v) is 5.44. The van der Waals surface area contributed by atoms with Gasteiger partial charge in [-0.3, -0.25) is 0 Å². The SMILES string of the molecule is CN(CCO)c1cc(Nc2ncc(/C=C/c3ccccc3)cn2)ccc1S(=O)(=O)N1CCNCC1. The molecule has 1 aromatic heterocycles. The van der Waals surface area contributed by atoms with Gasteiger partial charge in [0.25, 0.3) is 0 Å². The van der Waals surface area contributed by atoms with Crippen LogP contribution in [0.3, 0.4) is 0 Å². The molecule has 0 saturated carbocycles. The van der Waals surface area contributed by atoms with Crippen LogP contribution in [0.25, 0.3) is 12.2 Å². The van der Waals surface area contributed by atoms with E-state index in [1.54, 1.807) is 42.5 Å². The number of rotatable bonds is 9. The maximum atomic E-state index is 13.3. The highest BCUT2D eigenvalue weighted by atomic mass is 32.2. The Morgan fingerprint density at radius 3 is 2.43 bits per heavy atom. The molecule has 0 bridgehead atoms. The van der Waals surface area contributed by atoms with Crippen molar-refractivity contribution < 1.29 is 13.5 Å². The lowest BCUT2D eigenvalue weighted by Crippen LogP contribution is -2.46. The van der Waals surface area contributed by atoms with Gasteiger partial charge in [0, 0.05) is 63.4 Å². The van der Waals surface area contributed by atoms with Crippen molar-refractivity contribution in [1.29, 1.82) is 0 Å². The van der Waals surface area contributed by atoms with E-state index in [0.29, 0.717) is 50.0 Å². The number of piperazine rings is 1. The van der Waals surface area contributed by atoms with Crippen LogP contribution in [-0.2, 0) is 10.0 Å². The predicted molar refractivity (Wildman–Crippen MR) is 139 cm³/mol. The minimum absolute atomic E-state index is 0.0949. The average molecular weight is 495 g/mol. The number of hydrogen-bond acceptors (Lipinski definition) is 8. The molecule has 3 aromatic rings. The highest BCUT2D eigenvalue weighted by Crippen LogP contribution is 2.31. The number of aliphatic hydroxyl groups is 1. The summed E-state index contributed by atoms with van der Waals surface area (Å²) in [6.07, 6.45) is 7.37. The van der Waals surface area contributed by atoms with Gasteiger partial charge in [0.2, 0.25) is 16.0 Å². The summed E-state index contributed by atoms with van der Waals surface area (Å²) in [7, 11) is -1.92. The third-order valence-corrected chi connectivity index (χ3v) is 7.64. The van der Waals surface area contributed by atoms with E-state index < -0.39 is 10.0 Å². The fraction of sp³-hybridized carbons (Fsp3) is 0.280. The van der Waals surface area contributed by atoms with Gasteiger partial charge in [-0.05, 0) is 23.8 Å². The smallest absolute Gasteiger partial charge is 0.245 e. The van der Waals surface area contributed by atoms with E-state index in [0.717, 1.165) is 11.1 Å². The lowest BCUT2D eigenvalue weighted by molar-refractivity contribution is 0.304. The molecule has 0 amide bonds. The van der Waals surface area contributed by atoms with E-state index in [4.69, 9.17) is 0 Å². The number of likely N-dealkylation sites (N-methyl/N-ethyl adjacent to an activating group) is 1. The first kappa shape index (κ1) is 24.8. The predicted octanol–water partition coefficient (Wildman–Crippen LogP) is 2.41. The van der Waals surface area contributed by atoms with Gasteiger partial charge in [-0.15, -0.1) is 0 Å². The van der Waals surface area contributed by atoms with Crippen LogP contribution < -0.4 is 15.5 Å². The van der Waals surface area contributed by atoms with Crippen molar-refractivity contribution in [3.05, 3.63) is 72.1 Å². The summed E-state index contributed by atoms with van der Waals surface area (Å²) >= 11 is 0. The molecule has 2 aromatic carbocycles. The number of sulfonamides is 1. The van der Waals surface area contributed by atoms with E-state index in [1.165, 1.54) is 4.31 Å². The summed E-state index contributed by atoms with van der Waals surface area (Å²) < 4.78 is 28.2. The van der Waals surface area contributed by atoms with Crippen LogP contribution in [0, 0.1) is 0 Å². The Kier molecular flexibility index (Phi) is 8.09. The van der Waals surface area contributed by atoms with Gasteiger partial charge in [0.1, 0.15) is 4.90 Å². The maximum absolute atomic E-state index is 13.3. The van der Waals surface area contributed by atoms with E-state index in [2.05, 4.69) is 20.6 Å². The Bertz CT molecular complexity index is 1240. The summed E-state index contributed by atoms with van der Waals surface area (Å²) in [6, 6.07) is 15.0. The second kappa shape index (κ2) is 11.4. The summed E-state index contributed by atoms with van der Waals surface area (Å²) in [6.45, 7) is 2.28. The summed E-state index contributed by atoms with van der Waals surface area (Å²) in [5, 5.41) is 15.8. The minimum atomic E-state index is -3.68. The number of benzene rings is 2. The second-order valence-electron chi connectivity index (χ2n) is 8.19. The third-order valence-electron chi connectivity index (χ3n) is 5.70. The van der Waals surface area contributed by atoms with E-state index in [-0.39, 0.29) is 11.5 Å². The molecule has 1 aliphatic heterocycles. The standard InChI is InChI=1S/C25H30N6O3S/c1-30(15-16-32)23-17-22(9-10-24(23)35(33,34)31-13-11-26-12-14-31)29-25-27-18-21(19-28-25)8-7-20-5-3-2-4-6-20/h2-10,17-19,26,32H,11-16H2,1H3,(H,27,28,29)/b8-7+. The number of aliphatic hydroxyl groups excluding tert-OH is 1. The molecule has 4 rings (SSSR count). The van der Waals surface area contributed by atoms with Gasteiger partial charge in [0.15, 0.2) is 0 Å². The third kappa shape index (κ3) is 6.23. The lowest BCUT2D eigenvalue weighted by atomic mass is 10.2. The molecule has 0 spiro atoms.